The van der Waals surface area contributed by atoms with Crippen LogP contribution in [0.15, 0.2) is 59.8 Å². The van der Waals surface area contributed by atoms with Crippen molar-refractivity contribution >= 4 is 17.5 Å². The molecule has 1 unspecified atom stereocenters. The van der Waals surface area contributed by atoms with Crippen LogP contribution in [0, 0.1) is 0 Å². The number of rotatable bonds is 8. The average Bonchev–Trinajstić information content (AvgIpc) is 3.26. The molecule has 2 aromatic carbocycles. The molecule has 9 heteroatoms. The molecule has 9 nitrogen and oxygen atoms in total. The fraction of sp³-hybridized carbons (Fsp3) is 0.304. The molecule has 0 spiro atoms. The zero-order valence-corrected chi connectivity index (χ0v) is 18.3. The van der Waals surface area contributed by atoms with Crippen molar-refractivity contribution in [1.82, 2.24) is 20.2 Å². The van der Waals surface area contributed by atoms with E-state index in [2.05, 4.69) is 26.2 Å². The quantitative estimate of drug-likeness (QED) is 0.556. The number of anilines is 2. The number of benzene rings is 2. The van der Waals surface area contributed by atoms with Gasteiger partial charge in [-0.25, -0.2) is 0 Å². The second-order valence-corrected chi connectivity index (χ2v) is 7.28. The number of fused-ring (bicyclic) bond motifs is 1. The van der Waals surface area contributed by atoms with E-state index in [1.165, 1.54) is 0 Å². The van der Waals surface area contributed by atoms with Crippen LogP contribution >= 0.6 is 0 Å². The van der Waals surface area contributed by atoms with Crippen LogP contribution in [0.25, 0.3) is 0 Å². The number of amides is 1. The second-order valence-electron chi connectivity index (χ2n) is 7.28. The first-order chi connectivity index (χ1) is 15.6. The van der Waals surface area contributed by atoms with Gasteiger partial charge in [0.05, 0.1) is 24.5 Å². The van der Waals surface area contributed by atoms with E-state index in [0.29, 0.717) is 47.6 Å². The highest BCUT2D eigenvalue weighted by Crippen LogP contribution is 2.39. The van der Waals surface area contributed by atoms with E-state index >= 15 is 0 Å². The molecule has 1 atom stereocenters. The summed E-state index contributed by atoms with van der Waals surface area (Å²) < 4.78 is 13.3. The Morgan fingerprint density at radius 1 is 1.09 bits per heavy atom. The van der Waals surface area contributed by atoms with Crippen LogP contribution in [0.2, 0.25) is 0 Å². The fourth-order valence-corrected chi connectivity index (χ4v) is 3.68. The summed E-state index contributed by atoms with van der Waals surface area (Å²) in [6, 6.07) is 14.4. The zero-order valence-electron chi connectivity index (χ0n) is 18.3. The maximum Gasteiger partial charge on any atom is 0.255 e. The van der Waals surface area contributed by atoms with Crippen molar-refractivity contribution in [2.75, 3.05) is 23.8 Å². The molecular formula is C23H26N6O3. The minimum absolute atomic E-state index is 0.279. The maximum absolute atomic E-state index is 13.6. The van der Waals surface area contributed by atoms with Gasteiger partial charge in [-0.2, -0.15) is 4.68 Å². The Bertz CT molecular complexity index is 1140. The van der Waals surface area contributed by atoms with Gasteiger partial charge in [-0.05, 0) is 48.9 Å². The minimum atomic E-state index is -0.562. The van der Waals surface area contributed by atoms with Gasteiger partial charge < -0.3 is 20.1 Å². The maximum atomic E-state index is 13.6. The van der Waals surface area contributed by atoms with Gasteiger partial charge in [-0.1, -0.05) is 42.4 Å². The zero-order chi connectivity index (χ0) is 22.5. The third-order valence-corrected chi connectivity index (χ3v) is 5.07. The standard InChI is InChI=1S/C23H26N6O3/c1-4-14-32-18-12-8-6-10-16(18)21-20(15(3)24-23-26-27-28-29(21)23)22(30)25-17-11-7-9-13-19(17)31-5-2/h6-13,21H,4-5,14H2,1-3H3,(H,25,30)(H,24,26,28). The lowest BCUT2D eigenvalue weighted by Gasteiger charge is -2.29. The first-order valence-electron chi connectivity index (χ1n) is 10.6. The molecule has 32 heavy (non-hydrogen) atoms. The minimum Gasteiger partial charge on any atom is -0.493 e. The van der Waals surface area contributed by atoms with E-state index in [0.717, 1.165) is 12.0 Å². The monoisotopic (exact) mass is 434 g/mol. The van der Waals surface area contributed by atoms with Crippen molar-refractivity contribution < 1.29 is 14.3 Å². The van der Waals surface area contributed by atoms with Crippen molar-refractivity contribution in [3.05, 3.63) is 65.4 Å². The second kappa shape index (κ2) is 9.51. The highest BCUT2D eigenvalue weighted by molar-refractivity contribution is 6.06. The lowest BCUT2D eigenvalue weighted by Crippen LogP contribution is -2.32. The van der Waals surface area contributed by atoms with Crippen LogP contribution in [0.5, 0.6) is 11.5 Å². The number of tetrazole rings is 1. The highest BCUT2D eigenvalue weighted by Gasteiger charge is 2.35. The van der Waals surface area contributed by atoms with Gasteiger partial charge in [0.15, 0.2) is 0 Å². The Hall–Kier alpha value is -3.88. The van der Waals surface area contributed by atoms with E-state index in [-0.39, 0.29) is 5.91 Å². The predicted molar refractivity (Wildman–Crippen MR) is 121 cm³/mol. The molecule has 1 amide bonds. The van der Waals surface area contributed by atoms with Crippen molar-refractivity contribution in [1.29, 1.82) is 0 Å². The third kappa shape index (κ3) is 4.14. The largest absolute Gasteiger partial charge is 0.493 e. The first-order valence-corrected chi connectivity index (χ1v) is 10.6. The Kier molecular flexibility index (Phi) is 6.34. The Balaban J connectivity index is 1.76. The van der Waals surface area contributed by atoms with Gasteiger partial charge in [0.25, 0.3) is 5.91 Å². The van der Waals surface area contributed by atoms with Gasteiger partial charge >= 0.3 is 0 Å². The summed E-state index contributed by atoms with van der Waals surface area (Å²) in [4.78, 5) is 13.6. The van der Waals surface area contributed by atoms with E-state index in [9.17, 15) is 4.79 Å². The SMILES string of the molecule is CCCOc1ccccc1C1C(C(=O)Nc2ccccc2OCC)=C(C)Nc2nnnn21. The Morgan fingerprint density at radius 2 is 1.84 bits per heavy atom. The average molecular weight is 435 g/mol. The van der Waals surface area contributed by atoms with Crippen LogP contribution in [-0.2, 0) is 4.79 Å². The molecule has 0 saturated carbocycles. The van der Waals surface area contributed by atoms with Crippen molar-refractivity contribution in [3.63, 3.8) is 0 Å². The smallest absolute Gasteiger partial charge is 0.255 e. The summed E-state index contributed by atoms with van der Waals surface area (Å²) in [6.45, 7) is 6.85. The molecule has 4 rings (SSSR count). The molecule has 0 aliphatic carbocycles. The Labute approximate surface area is 186 Å². The molecule has 1 aliphatic rings. The molecule has 0 fully saturated rings. The number of nitrogens with one attached hydrogen (secondary N) is 2. The number of carbonyl (C=O) groups excluding carboxylic acids is 1. The number of ether oxygens (including phenoxy) is 2. The van der Waals surface area contributed by atoms with Crippen molar-refractivity contribution in [2.24, 2.45) is 0 Å². The first kappa shape index (κ1) is 21.4. The molecule has 0 radical (unpaired) electrons. The molecule has 0 saturated heterocycles. The third-order valence-electron chi connectivity index (χ3n) is 5.07. The van der Waals surface area contributed by atoms with Crippen LogP contribution in [0.3, 0.4) is 0 Å². The van der Waals surface area contributed by atoms with Gasteiger partial charge in [-0.15, -0.1) is 0 Å². The van der Waals surface area contributed by atoms with E-state index in [1.807, 2.05) is 69.3 Å². The normalized spacial score (nSPS) is 15.0. The molecular weight excluding hydrogens is 408 g/mol. The fourth-order valence-electron chi connectivity index (χ4n) is 3.68. The molecule has 2 N–H and O–H groups in total. The predicted octanol–water partition coefficient (Wildman–Crippen LogP) is 3.79. The van der Waals surface area contributed by atoms with Crippen LogP contribution in [-0.4, -0.2) is 39.3 Å². The van der Waals surface area contributed by atoms with Gasteiger partial charge in [0.1, 0.15) is 17.5 Å². The number of carbonyl (C=O) groups is 1. The van der Waals surface area contributed by atoms with E-state index in [4.69, 9.17) is 9.47 Å². The molecule has 2 heterocycles. The molecule has 0 bridgehead atoms. The number of aromatic nitrogens is 4. The number of hydrogen-bond donors (Lipinski definition) is 2. The number of allylic oxidation sites excluding steroid dienone is 1. The molecule has 166 valence electrons. The molecule has 1 aliphatic heterocycles. The van der Waals surface area contributed by atoms with Gasteiger partial charge in [0, 0.05) is 11.3 Å². The molecule has 3 aromatic rings. The number of hydrogen-bond acceptors (Lipinski definition) is 7. The summed E-state index contributed by atoms with van der Waals surface area (Å²) in [7, 11) is 0. The Morgan fingerprint density at radius 3 is 2.62 bits per heavy atom. The van der Waals surface area contributed by atoms with Crippen molar-refractivity contribution in [3.8, 4) is 11.5 Å². The van der Waals surface area contributed by atoms with Crippen LogP contribution in [0.1, 0.15) is 38.8 Å². The summed E-state index contributed by atoms with van der Waals surface area (Å²) in [6.07, 6.45) is 0.868. The summed E-state index contributed by atoms with van der Waals surface area (Å²) >= 11 is 0. The molecule has 1 aromatic heterocycles. The highest BCUT2D eigenvalue weighted by atomic mass is 16.5. The van der Waals surface area contributed by atoms with E-state index in [1.54, 1.807) is 4.68 Å². The van der Waals surface area contributed by atoms with E-state index < -0.39 is 6.04 Å². The number of nitrogens with zero attached hydrogens (tertiary/aromatic N) is 4. The van der Waals surface area contributed by atoms with Crippen LogP contribution < -0.4 is 20.1 Å². The number of para-hydroxylation sites is 3. The van der Waals surface area contributed by atoms with Gasteiger partial charge in [0.2, 0.25) is 5.95 Å². The lowest BCUT2D eigenvalue weighted by molar-refractivity contribution is -0.113. The lowest BCUT2D eigenvalue weighted by atomic mass is 9.94. The van der Waals surface area contributed by atoms with Gasteiger partial charge in [-0.3, -0.25) is 4.79 Å². The topological polar surface area (TPSA) is 103 Å². The van der Waals surface area contributed by atoms with Crippen LogP contribution in [0.4, 0.5) is 11.6 Å². The summed E-state index contributed by atoms with van der Waals surface area (Å²) in [5.41, 5.74) is 2.55. The van der Waals surface area contributed by atoms with Crippen molar-refractivity contribution in [2.45, 2.75) is 33.2 Å². The summed E-state index contributed by atoms with van der Waals surface area (Å²) in [5.74, 6) is 1.48. The summed E-state index contributed by atoms with van der Waals surface area (Å²) in [5, 5.41) is 18.1.